The molecule has 0 amide bonds. The average molecular weight is 330 g/mol. The van der Waals surface area contributed by atoms with Gasteiger partial charge in [-0.2, -0.15) is 13.2 Å². The Morgan fingerprint density at radius 2 is 2.06 bits per heavy atom. The molecule has 0 saturated carbocycles. The lowest BCUT2D eigenvalue weighted by Crippen LogP contribution is -2.20. The van der Waals surface area contributed by atoms with Crippen molar-refractivity contribution in [1.29, 1.82) is 0 Å². The monoisotopic (exact) mass is 329 g/mol. The summed E-state index contributed by atoms with van der Waals surface area (Å²) in [6.07, 6.45) is -4.48. The predicted molar refractivity (Wildman–Crippen MR) is 60.6 cm³/mol. The lowest BCUT2D eigenvalue weighted by Gasteiger charge is -2.04. The van der Waals surface area contributed by atoms with E-state index in [1.54, 1.807) is 6.07 Å². The molecule has 0 fully saturated rings. The fraction of sp³-hybridized carbons (Fsp3) is 0.143. The van der Waals surface area contributed by atoms with Gasteiger partial charge in [-0.1, -0.05) is 11.3 Å². The summed E-state index contributed by atoms with van der Waals surface area (Å²) in [6, 6.07) is 1.77. The van der Waals surface area contributed by atoms with Gasteiger partial charge in [0.2, 0.25) is 5.13 Å². The lowest BCUT2D eigenvalue weighted by atomic mass is 10.4. The summed E-state index contributed by atoms with van der Waals surface area (Å²) in [7, 11) is 0. The van der Waals surface area contributed by atoms with E-state index in [-0.39, 0.29) is 5.13 Å². The van der Waals surface area contributed by atoms with Crippen LogP contribution in [0.2, 0.25) is 0 Å². The van der Waals surface area contributed by atoms with E-state index >= 15 is 0 Å². The van der Waals surface area contributed by atoms with Crippen molar-refractivity contribution in [3.63, 3.8) is 0 Å². The number of nitrogens with zero attached hydrogens (tertiary/aromatic N) is 2. The molecule has 0 aliphatic heterocycles. The first kappa shape index (κ1) is 11.8. The van der Waals surface area contributed by atoms with Crippen LogP contribution >= 0.6 is 38.6 Å². The Morgan fingerprint density at radius 3 is 2.62 bits per heavy atom. The number of thiophene rings is 1. The summed E-state index contributed by atoms with van der Waals surface area (Å²) in [5, 5.41) is 10.4. The van der Waals surface area contributed by atoms with Crippen LogP contribution in [0.5, 0.6) is 0 Å². The highest BCUT2D eigenvalue weighted by atomic mass is 79.9. The highest BCUT2D eigenvalue weighted by molar-refractivity contribution is 9.11. The predicted octanol–water partition coefficient (Wildman–Crippen LogP) is 3.96. The van der Waals surface area contributed by atoms with Crippen LogP contribution in [0.3, 0.4) is 0 Å². The third-order valence-corrected chi connectivity index (χ3v) is 4.08. The second-order valence-electron chi connectivity index (χ2n) is 2.64. The Bertz CT molecular complexity index is 493. The molecule has 9 heteroatoms. The molecule has 0 atom stereocenters. The standard InChI is InChI=1S/C7H3BrF3N3S2/c8-4-3(1-2-15-4)5-13-14-6(16-5)12-7(9,10)11/h1-2H,(H,12,14). The quantitative estimate of drug-likeness (QED) is 0.847. The van der Waals surface area contributed by atoms with Crippen LogP contribution in [0.25, 0.3) is 10.6 Å². The Labute approximate surface area is 104 Å². The van der Waals surface area contributed by atoms with Gasteiger partial charge in [0.15, 0.2) is 5.01 Å². The van der Waals surface area contributed by atoms with Crippen molar-refractivity contribution in [2.45, 2.75) is 6.30 Å². The molecule has 2 rings (SSSR count). The summed E-state index contributed by atoms with van der Waals surface area (Å²) in [6.45, 7) is 0. The van der Waals surface area contributed by atoms with Gasteiger partial charge < -0.3 is 0 Å². The zero-order valence-electron chi connectivity index (χ0n) is 7.38. The van der Waals surface area contributed by atoms with Crippen molar-refractivity contribution in [1.82, 2.24) is 10.2 Å². The Kier molecular flexibility index (Phi) is 3.17. The van der Waals surface area contributed by atoms with E-state index in [1.165, 1.54) is 16.7 Å². The molecule has 0 radical (unpaired) electrons. The number of halogens is 4. The van der Waals surface area contributed by atoms with E-state index in [2.05, 4.69) is 26.1 Å². The van der Waals surface area contributed by atoms with E-state index in [0.29, 0.717) is 5.01 Å². The maximum absolute atomic E-state index is 12.0. The molecule has 1 N–H and O–H groups in total. The molecule has 0 aliphatic rings. The molecule has 0 aromatic carbocycles. The van der Waals surface area contributed by atoms with E-state index in [0.717, 1.165) is 20.7 Å². The molecule has 16 heavy (non-hydrogen) atoms. The molecule has 3 nitrogen and oxygen atoms in total. The largest absolute Gasteiger partial charge is 0.484 e. The summed E-state index contributed by atoms with van der Waals surface area (Å²) in [5.74, 6) is 0. The van der Waals surface area contributed by atoms with Gasteiger partial charge in [0.25, 0.3) is 0 Å². The van der Waals surface area contributed by atoms with Gasteiger partial charge in [0, 0.05) is 5.56 Å². The van der Waals surface area contributed by atoms with E-state index in [4.69, 9.17) is 0 Å². The Balaban J connectivity index is 2.24. The minimum absolute atomic E-state index is 0.263. The first-order chi connectivity index (χ1) is 7.46. The average Bonchev–Trinajstić information content (AvgIpc) is 2.71. The minimum atomic E-state index is -4.48. The number of aromatic nitrogens is 2. The van der Waals surface area contributed by atoms with Gasteiger partial charge in [0.05, 0.1) is 3.79 Å². The zero-order chi connectivity index (χ0) is 11.8. The summed E-state index contributed by atoms with van der Waals surface area (Å²) < 4.78 is 36.8. The zero-order valence-corrected chi connectivity index (χ0v) is 10.6. The maximum Gasteiger partial charge on any atom is 0.484 e. The second kappa shape index (κ2) is 4.30. The van der Waals surface area contributed by atoms with Crippen molar-refractivity contribution in [3.05, 3.63) is 15.2 Å². The van der Waals surface area contributed by atoms with E-state index in [9.17, 15) is 13.2 Å². The highest BCUT2D eigenvalue weighted by Crippen LogP contribution is 2.36. The van der Waals surface area contributed by atoms with Crippen molar-refractivity contribution >= 4 is 43.7 Å². The molecule has 0 spiro atoms. The third kappa shape index (κ3) is 2.71. The Hall–Kier alpha value is -0.670. The van der Waals surface area contributed by atoms with Gasteiger partial charge in [-0.05, 0) is 27.4 Å². The fourth-order valence-corrected chi connectivity index (χ4v) is 3.20. The fourth-order valence-electron chi connectivity index (χ4n) is 0.950. The van der Waals surface area contributed by atoms with E-state index in [1.807, 2.05) is 5.38 Å². The van der Waals surface area contributed by atoms with Crippen molar-refractivity contribution in [2.24, 2.45) is 0 Å². The summed E-state index contributed by atoms with van der Waals surface area (Å²) >= 11 is 5.58. The topological polar surface area (TPSA) is 37.8 Å². The number of rotatable bonds is 2. The van der Waals surface area contributed by atoms with Crippen molar-refractivity contribution in [2.75, 3.05) is 5.32 Å². The van der Waals surface area contributed by atoms with Crippen LogP contribution in [0.1, 0.15) is 0 Å². The maximum atomic E-state index is 12.0. The molecule has 86 valence electrons. The molecule has 0 aliphatic carbocycles. The van der Waals surface area contributed by atoms with Crippen LogP contribution < -0.4 is 5.32 Å². The van der Waals surface area contributed by atoms with Crippen LogP contribution in [-0.2, 0) is 0 Å². The number of alkyl halides is 3. The second-order valence-corrected chi connectivity index (χ2v) is 5.85. The highest BCUT2D eigenvalue weighted by Gasteiger charge is 2.29. The Morgan fingerprint density at radius 1 is 1.31 bits per heavy atom. The normalized spacial score (nSPS) is 11.8. The summed E-state index contributed by atoms with van der Waals surface area (Å²) in [4.78, 5) is 0. The molecule has 2 heterocycles. The smallest absolute Gasteiger partial charge is 0.272 e. The van der Waals surface area contributed by atoms with Crippen LogP contribution in [0.4, 0.5) is 18.3 Å². The van der Waals surface area contributed by atoms with Gasteiger partial charge in [-0.15, -0.1) is 21.5 Å². The number of hydrogen-bond acceptors (Lipinski definition) is 5. The number of nitrogens with one attached hydrogen (secondary N) is 1. The third-order valence-electron chi connectivity index (χ3n) is 1.52. The van der Waals surface area contributed by atoms with E-state index < -0.39 is 6.30 Å². The SMILES string of the molecule is FC(F)(F)Nc1nnc(-c2ccsc2Br)s1. The minimum Gasteiger partial charge on any atom is -0.272 e. The lowest BCUT2D eigenvalue weighted by molar-refractivity contribution is -0.0999. The number of hydrogen-bond donors (Lipinski definition) is 1. The molecular weight excluding hydrogens is 327 g/mol. The molecular formula is C7H3BrF3N3S2. The first-order valence-electron chi connectivity index (χ1n) is 3.87. The van der Waals surface area contributed by atoms with Crippen molar-refractivity contribution < 1.29 is 13.2 Å². The molecule has 0 bridgehead atoms. The molecule has 0 unspecified atom stereocenters. The van der Waals surface area contributed by atoms with Gasteiger partial charge >= 0.3 is 6.30 Å². The molecule has 0 saturated heterocycles. The van der Waals surface area contributed by atoms with Crippen LogP contribution in [-0.4, -0.2) is 16.5 Å². The van der Waals surface area contributed by atoms with Gasteiger partial charge in [-0.25, -0.2) is 0 Å². The summed E-state index contributed by atoms with van der Waals surface area (Å²) in [5.41, 5.74) is 0.748. The molecule has 2 aromatic rings. The van der Waals surface area contributed by atoms with Gasteiger partial charge in [-0.3, -0.25) is 5.32 Å². The number of anilines is 1. The molecule has 2 aromatic heterocycles. The van der Waals surface area contributed by atoms with Gasteiger partial charge in [0.1, 0.15) is 0 Å². The van der Waals surface area contributed by atoms with Crippen LogP contribution in [0.15, 0.2) is 15.2 Å². The van der Waals surface area contributed by atoms with Crippen LogP contribution in [0, 0.1) is 0 Å². The van der Waals surface area contributed by atoms with Crippen molar-refractivity contribution in [3.8, 4) is 10.6 Å². The first-order valence-corrected chi connectivity index (χ1v) is 6.36.